The highest BCUT2D eigenvalue weighted by Gasteiger charge is 2.01. The van der Waals surface area contributed by atoms with Crippen LogP contribution in [0.1, 0.15) is 45.4 Å². The van der Waals surface area contributed by atoms with Crippen molar-refractivity contribution in [2.24, 2.45) is 0 Å². The lowest BCUT2D eigenvalue weighted by molar-refractivity contribution is -0.137. The maximum absolute atomic E-state index is 11.1. The first-order valence-corrected chi connectivity index (χ1v) is 6.02. The summed E-state index contributed by atoms with van der Waals surface area (Å²) in [4.78, 5) is 21.2. The van der Waals surface area contributed by atoms with Crippen molar-refractivity contribution in [3.05, 3.63) is 0 Å². The van der Waals surface area contributed by atoms with Gasteiger partial charge in [0.15, 0.2) is 5.12 Å². The molecule has 3 nitrogen and oxygen atoms in total. The molecule has 0 aromatic carbocycles. The molecule has 0 fully saturated rings. The van der Waals surface area contributed by atoms with Gasteiger partial charge in [0.2, 0.25) is 0 Å². The average molecular weight is 218 g/mol. The summed E-state index contributed by atoms with van der Waals surface area (Å²) in [5.74, 6) is 0.0954. The van der Waals surface area contributed by atoms with Crippen molar-refractivity contribution in [2.45, 2.75) is 45.4 Å². The lowest BCUT2D eigenvalue weighted by Crippen LogP contribution is -1.95. The fourth-order valence-corrected chi connectivity index (χ4v) is 1.94. The van der Waals surface area contributed by atoms with Gasteiger partial charge in [-0.15, -0.1) is 0 Å². The largest absolute Gasteiger partial charge is 0.481 e. The Hall–Kier alpha value is -0.510. The molecule has 4 heteroatoms. The Bertz CT molecular complexity index is 180. The summed E-state index contributed by atoms with van der Waals surface area (Å²) < 4.78 is 0. The van der Waals surface area contributed by atoms with Crippen molar-refractivity contribution in [1.82, 2.24) is 0 Å². The van der Waals surface area contributed by atoms with Gasteiger partial charge in [0, 0.05) is 18.6 Å². The van der Waals surface area contributed by atoms with Crippen LogP contribution in [0.2, 0.25) is 0 Å². The number of unbranched alkanes of at least 4 members (excludes halogenated alkanes) is 2. The van der Waals surface area contributed by atoms with E-state index in [2.05, 4.69) is 0 Å². The molecule has 0 aromatic rings. The molecule has 0 saturated carbocycles. The number of carboxylic acid groups (broad SMARTS) is 1. The van der Waals surface area contributed by atoms with Crippen molar-refractivity contribution in [2.75, 3.05) is 5.75 Å². The highest BCUT2D eigenvalue weighted by molar-refractivity contribution is 8.13. The number of carbonyl (C=O) groups is 2. The van der Waals surface area contributed by atoms with Crippen molar-refractivity contribution in [3.8, 4) is 0 Å². The minimum atomic E-state index is -0.736. The van der Waals surface area contributed by atoms with Gasteiger partial charge in [-0.2, -0.15) is 0 Å². The standard InChI is InChI=1S/C10H18O3S/c1-2-6-10(13)14-8-5-3-4-7-9(11)12/h2-8H2,1H3,(H,11,12). The molecule has 0 aromatic heterocycles. The van der Waals surface area contributed by atoms with Gasteiger partial charge in [-0.3, -0.25) is 9.59 Å². The maximum atomic E-state index is 11.1. The van der Waals surface area contributed by atoms with Crippen LogP contribution >= 0.6 is 11.8 Å². The van der Waals surface area contributed by atoms with Crippen LogP contribution in [0.5, 0.6) is 0 Å². The lowest BCUT2D eigenvalue weighted by atomic mass is 10.2. The molecule has 0 spiro atoms. The highest BCUT2D eigenvalue weighted by Crippen LogP contribution is 2.11. The Labute approximate surface area is 89.3 Å². The number of thioether (sulfide) groups is 1. The summed E-state index contributed by atoms with van der Waals surface area (Å²) in [7, 11) is 0. The molecule has 1 N–H and O–H groups in total. The van der Waals surface area contributed by atoms with Gasteiger partial charge < -0.3 is 5.11 Å². The molecule has 0 amide bonds. The predicted octanol–water partition coefficient (Wildman–Crippen LogP) is 2.69. The minimum absolute atomic E-state index is 0.244. The topological polar surface area (TPSA) is 54.4 Å². The second kappa shape index (κ2) is 9.06. The molecule has 0 heterocycles. The first kappa shape index (κ1) is 13.5. The third-order valence-electron chi connectivity index (χ3n) is 1.75. The van der Waals surface area contributed by atoms with Crippen LogP contribution in [0.4, 0.5) is 0 Å². The van der Waals surface area contributed by atoms with E-state index in [1.807, 2.05) is 6.92 Å². The Morgan fingerprint density at radius 2 is 1.86 bits per heavy atom. The quantitative estimate of drug-likeness (QED) is 0.636. The Balaban J connectivity index is 3.13. The highest BCUT2D eigenvalue weighted by atomic mass is 32.2. The predicted molar refractivity (Wildman–Crippen MR) is 58.5 cm³/mol. The first-order valence-electron chi connectivity index (χ1n) is 5.04. The van der Waals surface area contributed by atoms with E-state index < -0.39 is 5.97 Å². The molecule has 14 heavy (non-hydrogen) atoms. The van der Waals surface area contributed by atoms with Gasteiger partial charge in [0.25, 0.3) is 0 Å². The number of carbonyl (C=O) groups excluding carboxylic acids is 1. The lowest BCUT2D eigenvalue weighted by Gasteiger charge is -1.99. The van der Waals surface area contributed by atoms with Crippen molar-refractivity contribution < 1.29 is 14.7 Å². The van der Waals surface area contributed by atoms with E-state index in [1.165, 1.54) is 11.8 Å². The number of rotatable bonds is 8. The molecule has 0 atom stereocenters. The van der Waals surface area contributed by atoms with E-state index in [-0.39, 0.29) is 11.5 Å². The van der Waals surface area contributed by atoms with Crippen molar-refractivity contribution in [1.29, 1.82) is 0 Å². The van der Waals surface area contributed by atoms with E-state index in [4.69, 9.17) is 5.11 Å². The Morgan fingerprint density at radius 3 is 2.43 bits per heavy atom. The van der Waals surface area contributed by atoms with E-state index in [1.54, 1.807) is 0 Å². The second-order valence-corrected chi connectivity index (χ2v) is 4.33. The summed E-state index contributed by atoms with van der Waals surface area (Å²) in [6, 6.07) is 0. The smallest absolute Gasteiger partial charge is 0.303 e. The second-order valence-electron chi connectivity index (χ2n) is 3.17. The minimum Gasteiger partial charge on any atom is -0.481 e. The van der Waals surface area contributed by atoms with Gasteiger partial charge in [0.1, 0.15) is 0 Å². The zero-order valence-corrected chi connectivity index (χ0v) is 9.44. The van der Waals surface area contributed by atoms with Gasteiger partial charge in [-0.25, -0.2) is 0 Å². The summed E-state index contributed by atoms with van der Waals surface area (Å²) in [5, 5.41) is 8.62. The number of aliphatic carboxylic acids is 1. The van der Waals surface area contributed by atoms with E-state index in [0.29, 0.717) is 6.42 Å². The summed E-state index contributed by atoms with van der Waals surface area (Å²) in [5.41, 5.74) is 0. The molecule has 0 aliphatic heterocycles. The van der Waals surface area contributed by atoms with E-state index in [9.17, 15) is 9.59 Å². The Kier molecular flexibility index (Phi) is 8.73. The van der Waals surface area contributed by atoms with Crippen LogP contribution in [0, 0.1) is 0 Å². The fourth-order valence-electron chi connectivity index (χ4n) is 1.02. The zero-order valence-electron chi connectivity index (χ0n) is 8.62. The SMILES string of the molecule is CCCC(=O)SCCCCCC(=O)O. The number of carboxylic acids is 1. The summed E-state index contributed by atoms with van der Waals surface area (Å²) >= 11 is 1.37. The third-order valence-corrected chi connectivity index (χ3v) is 2.77. The van der Waals surface area contributed by atoms with E-state index in [0.717, 1.165) is 31.4 Å². The monoisotopic (exact) mass is 218 g/mol. The molecule has 0 aliphatic rings. The van der Waals surface area contributed by atoms with Crippen molar-refractivity contribution in [3.63, 3.8) is 0 Å². The molecule has 82 valence electrons. The molecular weight excluding hydrogens is 200 g/mol. The maximum Gasteiger partial charge on any atom is 0.303 e. The van der Waals surface area contributed by atoms with Gasteiger partial charge >= 0.3 is 5.97 Å². The summed E-state index contributed by atoms with van der Waals surface area (Å²) in [6.45, 7) is 1.99. The fraction of sp³-hybridized carbons (Fsp3) is 0.800. The van der Waals surface area contributed by atoms with E-state index >= 15 is 0 Å². The number of hydrogen-bond donors (Lipinski definition) is 1. The molecule has 0 aliphatic carbocycles. The molecule has 0 unspecified atom stereocenters. The Morgan fingerprint density at radius 1 is 1.14 bits per heavy atom. The van der Waals surface area contributed by atoms with Gasteiger partial charge in [-0.1, -0.05) is 25.1 Å². The average Bonchev–Trinajstić information content (AvgIpc) is 2.11. The number of hydrogen-bond acceptors (Lipinski definition) is 3. The normalized spacial score (nSPS) is 10.1. The van der Waals surface area contributed by atoms with Crippen LogP contribution in [0.25, 0.3) is 0 Å². The van der Waals surface area contributed by atoms with Gasteiger partial charge in [-0.05, 0) is 19.3 Å². The molecular formula is C10H18O3S. The first-order chi connectivity index (χ1) is 6.66. The van der Waals surface area contributed by atoms with Crippen LogP contribution in [0.15, 0.2) is 0 Å². The molecule has 0 rings (SSSR count). The molecule has 0 radical (unpaired) electrons. The zero-order chi connectivity index (χ0) is 10.8. The third kappa shape index (κ3) is 9.58. The van der Waals surface area contributed by atoms with Crippen LogP contribution < -0.4 is 0 Å². The molecule has 0 bridgehead atoms. The summed E-state index contributed by atoms with van der Waals surface area (Å²) in [6.07, 6.45) is 4.36. The molecule has 0 saturated heterocycles. The van der Waals surface area contributed by atoms with Crippen LogP contribution in [-0.2, 0) is 9.59 Å². The van der Waals surface area contributed by atoms with Crippen molar-refractivity contribution >= 4 is 22.8 Å². The van der Waals surface area contributed by atoms with Gasteiger partial charge in [0.05, 0.1) is 0 Å². The van der Waals surface area contributed by atoms with Crippen LogP contribution in [-0.4, -0.2) is 21.9 Å². The van der Waals surface area contributed by atoms with Crippen LogP contribution in [0.3, 0.4) is 0 Å².